The standard InChI is InChI=1S/C20H22Cl2N2O4S/c1-2-28-18-8-6-15(13-19(18)29(26,27)24-9-3-4-10-24)23-20(25)12-14-5-7-16(21)17(22)11-14/h5-8,11,13H,2-4,9-10,12H2,1H3,(H,23,25). The molecule has 156 valence electrons. The van der Waals surface area contributed by atoms with Gasteiger partial charge in [0.1, 0.15) is 10.6 Å². The molecule has 0 spiro atoms. The fourth-order valence-corrected chi connectivity index (χ4v) is 5.16. The van der Waals surface area contributed by atoms with Crippen molar-refractivity contribution in [1.82, 2.24) is 4.31 Å². The molecule has 1 amide bonds. The molecule has 0 bridgehead atoms. The summed E-state index contributed by atoms with van der Waals surface area (Å²) in [6, 6.07) is 9.62. The molecule has 0 radical (unpaired) electrons. The summed E-state index contributed by atoms with van der Waals surface area (Å²) in [6.07, 6.45) is 1.75. The molecule has 2 aromatic rings. The van der Waals surface area contributed by atoms with Crippen molar-refractivity contribution in [2.45, 2.75) is 31.1 Å². The minimum absolute atomic E-state index is 0.0635. The van der Waals surface area contributed by atoms with Gasteiger partial charge in [-0.15, -0.1) is 0 Å². The average Bonchev–Trinajstić information content (AvgIpc) is 3.22. The second-order valence-corrected chi connectivity index (χ2v) is 9.40. The van der Waals surface area contributed by atoms with Gasteiger partial charge in [0.25, 0.3) is 0 Å². The van der Waals surface area contributed by atoms with E-state index in [2.05, 4.69) is 5.32 Å². The van der Waals surface area contributed by atoms with Gasteiger partial charge in [0.05, 0.1) is 23.1 Å². The minimum atomic E-state index is -3.69. The number of rotatable bonds is 7. The molecule has 0 atom stereocenters. The molecule has 9 heteroatoms. The number of hydrogen-bond acceptors (Lipinski definition) is 4. The van der Waals surface area contributed by atoms with E-state index < -0.39 is 10.0 Å². The van der Waals surface area contributed by atoms with E-state index in [0.29, 0.717) is 41.0 Å². The second kappa shape index (κ2) is 9.34. The van der Waals surface area contributed by atoms with Gasteiger partial charge in [-0.3, -0.25) is 4.79 Å². The Balaban J connectivity index is 1.82. The van der Waals surface area contributed by atoms with Crippen LogP contribution in [0, 0.1) is 0 Å². The topological polar surface area (TPSA) is 75.7 Å². The Labute approximate surface area is 180 Å². The van der Waals surface area contributed by atoms with E-state index in [4.69, 9.17) is 27.9 Å². The highest BCUT2D eigenvalue weighted by atomic mass is 35.5. The van der Waals surface area contributed by atoms with Crippen LogP contribution in [0.5, 0.6) is 5.75 Å². The highest BCUT2D eigenvalue weighted by molar-refractivity contribution is 7.89. The molecule has 0 aliphatic carbocycles. The molecule has 1 N–H and O–H groups in total. The summed E-state index contributed by atoms with van der Waals surface area (Å²) >= 11 is 11.9. The third-order valence-corrected chi connectivity index (χ3v) is 7.22. The van der Waals surface area contributed by atoms with Crippen LogP contribution < -0.4 is 10.1 Å². The van der Waals surface area contributed by atoms with E-state index in [1.54, 1.807) is 37.3 Å². The van der Waals surface area contributed by atoms with Crippen molar-refractivity contribution in [1.29, 1.82) is 0 Å². The Morgan fingerprint density at radius 3 is 2.48 bits per heavy atom. The maximum Gasteiger partial charge on any atom is 0.246 e. The van der Waals surface area contributed by atoms with Crippen LogP contribution in [0.15, 0.2) is 41.3 Å². The van der Waals surface area contributed by atoms with E-state index in [1.165, 1.54) is 10.4 Å². The maximum atomic E-state index is 13.0. The number of ether oxygens (including phenoxy) is 1. The highest BCUT2D eigenvalue weighted by Crippen LogP contribution is 2.32. The number of amides is 1. The third-order valence-electron chi connectivity index (χ3n) is 4.56. The zero-order valence-electron chi connectivity index (χ0n) is 16.0. The molecular weight excluding hydrogens is 435 g/mol. The number of carbonyl (C=O) groups is 1. The van der Waals surface area contributed by atoms with Gasteiger partial charge >= 0.3 is 0 Å². The predicted octanol–water partition coefficient (Wildman–Crippen LogP) is 4.36. The van der Waals surface area contributed by atoms with Crippen molar-refractivity contribution in [2.24, 2.45) is 0 Å². The summed E-state index contributed by atoms with van der Waals surface area (Å²) in [5.41, 5.74) is 1.09. The molecule has 1 aliphatic rings. The number of benzene rings is 2. The van der Waals surface area contributed by atoms with Crippen LogP contribution >= 0.6 is 23.2 Å². The lowest BCUT2D eigenvalue weighted by molar-refractivity contribution is -0.115. The smallest absolute Gasteiger partial charge is 0.246 e. The lowest BCUT2D eigenvalue weighted by Gasteiger charge is -2.19. The van der Waals surface area contributed by atoms with Gasteiger partial charge in [0.15, 0.2) is 0 Å². The van der Waals surface area contributed by atoms with Crippen LogP contribution in [-0.2, 0) is 21.2 Å². The summed E-state index contributed by atoms with van der Waals surface area (Å²) in [6.45, 7) is 3.11. The van der Waals surface area contributed by atoms with E-state index in [0.717, 1.165) is 12.8 Å². The molecule has 6 nitrogen and oxygen atoms in total. The van der Waals surface area contributed by atoms with Crippen LogP contribution in [0.3, 0.4) is 0 Å². The third kappa shape index (κ3) is 5.22. The minimum Gasteiger partial charge on any atom is -0.492 e. The van der Waals surface area contributed by atoms with Gasteiger partial charge < -0.3 is 10.1 Å². The molecule has 1 aliphatic heterocycles. The Hall–Kier alpha value is -1.80. The normalized spacial score (nSPS) is 14.7. The fraction of sp³-hybridized carbons (Fsp3) is 0.350. The molecule has 0 unspecified atom stereocenters. The maximum absolute atomic E-state index is 13.0. The van der Waals surface area contributed by atoms with E-state index in [1.807, 2.05) is 0 Å². The zero-order valence-corrected chi connectivity index (χ0v) is 18.3. The van der Waals surface area contributed by atoms with Crippen molar-refractivity contribution >= 4 is 44.8 Å². The fourth-order valence-electron chi connectivity index (χ4n) is 3.17. The van der Waals surface area contributed by atoms with Crippen molar-refractivity contribution in [3.05, 3.63) is 52.0 Å². The lowest BCUT2D eigenvalue weighted by Crippen LogP contribution is -2.28. The molecule has 0 saturated carbocycles. The monoisotopic (exact) mass is 456 g/mol. The summed E-state index contributed by atoms with van der Waals surface area (Å²) < 4.78 is 33.0. The Bertz CT molecular complexity index is 1010. The molecular formula is C20H22Cl2N2O4S. The molecule has 1 fully saturated rings. The van der Waals surface area contributed by atoms with Crippen LogP contribution in [0.4, 0.5) is 5.69 Å². The zero-order chi connectivity index (χ0) is 21.0. The van der Waals surface area contributed by atoms with Crippen molar-refractivity contribution < 1.29 is 17.9 Å². The molecule has 3 rings (SSSR count). The van der Waals surface area contributed by atoms with Crippen LogP contribution in [0.1, 0.15) is 25.3 Å². The molecule has 29 heavy (non-hydrogen) atoms. The van der Waals surface area contributed by atoms with Gasteiger partial charge in [0.2, 0.25) is 15.9 Å². The molecule has 2 aromatic carbocycles. The number of nitrogens with one attached hydrogen (secondary N) is 1. The first kappa shape index (κ1) is 21.9. The first-order valence-electron chi connectivity index (χ1n) is 9.32. The van der Waals surface area contributed by atoms with E-state index in [9.17, 15) is 13.2 Å². The van der Waals surface area contributed by atoms with Crippen molar-refractivity contribution in [2.75, 3.05) is 25.0 Å². The molecule has 1 saturated heterocycles. The van der Waals surface area contributed by atoms with Gasteiger partial charge in [0, 0.05) is 18.8 Å². The van der Waals surface area contributed by atoms with Crippen molar-refractivity contribution in [3.8, 4) is 5.75 Å². The summed E-state index contributed by atoms with van der Waals surface area (Å²) in [5, 5.41) is 3.53. The Morgan fingerprint density at radius 2 is 1.83 bits per heavy atom. The predicted molar refractivity (Wildman–Crippen MR) is 114 cm³/mol. The van der Waals surface area contributed by atoms with Crippen LogP contribution in [-0.4, -0.2) is 38.3 Å². The number of carbonyl (C=O) groups excluding carboxylic acids is 1. The van der Waals surface area contributed by atoms with E-state index >= 15 is 0 Å². The SMILES string of the molecule is CCOc1ccc(NC(=O)Cc2ccc(Cl)c(Cl)c2)cc1S(=O)(=O)N1CCCC1. The van der Waals surface area contributed by atoms with Gasteiger partial charge in [-0.05, 0) is 55.7 Å². The summed E-state index contributed by atoms with van der Waals surface area (Å²) in [4.78, 5) is 12.5. The second-order valence-electron chi connectivity index (χ2n) is 6.68. The summed E-state index contributed by atoms with van der Waals surface area (Å²) in [5.74, 6) is -0.0149. The quantitative estimate of drug-likeness (QED) is 0.671. The Morgan fingerprint density at radius 1 is 1.10 bits per heavy atom. The first-order valence-corrected chi connectivity index (χ1v) is 11.5. The molecule has 0 aromatic heterocycles. The van der Waals surface area contributed by atoms with Crippen LogP contribution in [0.2, 0.25) is 10.0 Å². The highest BCUT2D eigenvalue weighted by Gasteiger charge is 2.30. The number of sulfonamides is 1. The number of anilines is 1. The van der Waals surface area contributed by atoms with E-state index in [-0.39, 0.29) is 23.0 Å². The largest absolute Gasteiger partial charge is 0.492 e. The average molecular weight is 457 g/mol. The number of hydrogen-bond donors (Lipinski definition) is 1. The summed E-state index contributed by atoms with van der Waals surface area (Å²) in [7, 11) is -3.69. The number of halogens is 2. The Kier molecular flexibility index (Phi) is 7.05. The van der Waals surface area contributed by atoms with Gasteiger partial charge in [-0.1, -0.05) is 29.3 Å². The van der Waals surface area contributed by atoms with Gasteiger partial charge in [-0.2, -0.15) is 4.31 Å². The van der Waals surface area contributed by atoms with Gasteiger partial charge in [-0.25, -0.2) is 8.42 Å². The molecule has 1 heterocycles. The first-order chi connectivity index (χ1) is 13.8. The van der Waals surface area contributed by atoms with Crippen molar-refractivity contribution in [3.63, 3.8) is 0 Å². The number of nitrogens with zero attached hydrogens (tertiary/aromatic N) is 1. The lowest BCUT2D eigenvalue weighted by atomic mass is 10.1. The van der Waals surface area contributed by atoms with Crippen LogP contribution in [0.25, 0.3) is 0 Å².